The van der Waals surface area contributed by atoms with Crippen LogP contribution in [0.2, 0.25) is 0 Å². The monoisotopic (exact) mass is 209 g/mol. The van der Waals surface area contributed by atoms with Crippen LogP contribution in [0.3, 0.4) is 0 Å². The van der Waals surface area contributed by atoms with Gasteiger partial charge in [-0.05, 0) is 0 Å². The minimum atomic E-state index is -0.903. The molecule has 1 fully saturated rings. The Bertz CT molecular complexity index is 344. The lowest BCUT2D eigenvalue weighted by Gasteiger charge is -2.13. The zero-order chi connectivity index (χ0) is 10.7. The van der Waals surface area contributed by atoms with Gasteiger partial charge in [0.2, 0.25) is 5.88 Å². The molecule has 0 radical (unpaired) electrons. The van der Waals surface area contributed by atoms with Crippen LogP contribution in [0.1, 0.15) is 6.42 Å². The smallest absolute Gasteiger partial charge is 0.407 e. The Balaban J connectivity index is 1.90. The fraction of sp³-hybridized carbons (Fsp3) is 0.444. The summed E-state index contributed by atoms with van der Waals surface area (Å²) in [6.07, 6.45) is 4.30. The van der Waals surface area contributed by atoms with Crippen LogP contribution in [0.5, 0.6) is 5.88 Å². The average Bonchev–Trinajstić information content (AvgIpc) is 2.68. The van der Waals surface area contributed by atoms with E-state index in [1.807, 2.05) is 0 Å². The van der Waals surface area contributed by atoms with Crippen molar-refractivity contribution in [1.82, 2.24) is 14.9 Å². The lowest BCUT2D eigenvalue weighted by Crippen LogP contribution is -2.29. The summed E-state index contributed by atoms with van der Waals surface area (Å²) >= 11 is 0. The minimum Gasteiger partial charge on any atom is -0.471 e. The highest BCUT2D eigenvalue weighted by Gasteiger charge is 2.27. The van der Waals surface area contributed by atoms with E-state index in [2.05, 4.69) is 9.97 Å². The molecule has 1 aliphatic heterocycles. The molecule has 0 aliphatic carbocycles. The molecule has 15 heavy (non-hydrogen) atoms. The molecule has 0 spiro atoms. The Hall–Kier alpha value is -1.85. The first-order chi connectivity index (χ1) is 7.25. The van der Waals surface area contributed by atoms with Crippen molar-refractivity contribution in [3.05, 3.63) is 18.6 Å². The normalized spacial score (nSPS) is 20.3. The van der Waals surface area contributed by atoms with Crippen LogP contribution >= 0.6 is 0 Å². The first-order valence-corrected chi connectivity index (χ1v) is 4.66. The van der Waals surface area contributed by atoms with Gasteiger partial charge in [-0.2, -0.15) is 0 Å². The Morgan fingerprint density at radius 3 is 3.07 bits per heavy atom. The molecule has 0 saturated carbocycles. The molecule has 0 aromatic carbocycles. The number of likely N-dealkylation sites (tertiary alicyclic amines) is 1. The highest BCUT2D eigenvalue weighted by atomic mass is 16.5. The summed E-state index contributed by atoms with van der Waals surface area (Å²) < 4.78 is 5.48. The number of hydrogen-bond acceptors (Lipinski definition) is 4. The SMILES string of the molecule is O=C(O)N1CCC(Oc2cnccn2)C1. The van der Waals surface area contributed by atoms with Gasteiger partial charge in [-0.25, -0.2) is 9.78 Å². The topological polar surface area (TPSA) is 75.5 Å². The van der Waals surface area contributed by atoms with Crippen LogP contribution in [0.25, 0.3) is 0 Å². The molecule has 1 saturated heterocycles. The van der Waals surface area contributed by atoms with Crippen LogP contribution in [0.4, 0.5) is 4.79 Å². The molecule has 0 bridgehead atoms. The first-order valence-electron chi connectivity index (χ1n) is 4.66. The molecular weight excluding hydrogens is 198 g/mol. The maximum Gasteiger partial charge on any atom is 0.407 e. The molecule has 6 nitrogen and oxygen atoms in total. The highest BCUT2D eigenvalue weighted by molar-refractivity contribution is 5.65. The Kier molecular flexibility index (Phi) is 2.66. The van der Waals surface area contributed by atoms with Crippen molar-refractivity contribution in [3.63, 3.8) is 0 Å². The molecule has 2 rings (SSSR count). The lowest BCUT2D eigenvalue weighted by molar-refractivity contribution is 0.144. The second-order valence-electron chi connectivity index (χ2n) is 3.30. The van der Waals surface area contributed by atoms with E-state index >= 15 is 0 Å². The van der Waals surface area contributed by atoms with E-state index in [4.69, 9.17) is 9.84 Å². The summed E-state index contributed by atoms with van der Waals surface area (Å²) in [5, 5.41) is 8.74. The quantitative estimate of drug-likeness (QED) is 0.772. The molecule has 1 unspecified atom stereocenters. The maximum atomic E-state index is 10.6. The van der Waals surface area contributed by atoms with Gasteiger partial charge in [0, 0.05) is 25.4 Å². The van der Waals surface area contributed by atoms with Gasteiger partial charge < -0.3 is 14.7 Å². The van der Waals surface area contributed by atoms with E-state index in [-0.39, 0.29) is 6.10 Å². The van der Waals surface area contributed by atoms with E-state index < -0.39 is 6.09 Å². The van der Waals surface area contributed by atoms with E-state index in [0.29, 0.717) is 25.4 Å². The van der Waals surface area contributed by atoms with Gasteiger partial charge >= 0.3 is 6.09 Å². The molecule has 1 aliphatic rings. The minimum absolute atomic E-state index is 0.113. The summed E-state index contributed by atoms with van der Waals surface area (Å²) in [4.78, 5) is 19.8. The van der Waals surface area contributed by atoms with Crippen molar-refractivity contribution in [2.75, 3.05) is 13.1 Å². The largest absolute Gasteiger partial charge is 0.471 e. The molecular formula is C9H11N3O3. The summed E-state index contributed by atoms with van der Waals surface area (Å²) in [6.45, 7) is 0.909. The number of carbonyl (C=O) groups is 1. The third kappa shape index (κ3) is 2.34. The number of ether oxygens (including phenoxy) is 1. The molecule has 1 aromatic rings. The van der Waals surface area contributed by atoms with Crippen LogP contribution in [-0.2, 0) is 0 Å². The van der Waals surface area contributed by atoms with Gasteiger partial charge in [-0.3, -0.25) is 4.98 Å². The fourth-order valence-electron chi connectivity index (χ4n) is 1.52. The van der Waals surface area contributed by atoms with Gasteiger partial charge in [-0.15, -0.1) is 0 Å². The molecule has 1 amide bonds. The number of amides is 1. The number of nitrogens with zero attached hydrogens (tertiary/aromatic N) is 3. The van der Waals surface area contributed by atoms with E-state index in [1.54, 1.807) is 12.4 Å². The fourth-order valence-corrected chi connectivity index (χ4v) is 1.52. The van der Waals surface area contributed by atoms with Gasteiger partial charge in [0.05, 0.1) is 12.7 Å². The summed E-state index contributed by atoms with van der Waals surface area (Å²) in [6, 6.07) is 0. The van der Waals surface area contributed by atoms with Crippen LogP contribution in [0.15, 0.2) is 18.6 Å². The molecule has 1 N–H and O–H groups in total. The Morgan fingerprint density at radius 2 is 2.47 bits per heavy atom. The second-order valence-corrected chi connectivity index (χ2v) is 3.30. The third-order valence-electron chi connectivity index (χ3n) is 2.24. The van der Waals surface area contributed by atoms with Crippen molar-refractivity contribution in [1.29, 1.82) is 0 Å². The Labute approximate surface area is 86.5 Å². The summed E-state index contributed by atoms with van der Waals surface area (Å²) in [5.74, 6) is 0.440. The zero-order valence-corrected chi connectivity index (χ0v) is 8.04. The lowest BCUT2D eigenvalue weighted by atomic mass is 10.3. The van der Waals surface area contributed by atoms with Crippen molar-refractivity contribution in [3.8, 4) is 5.88 Å². The van der Waals surface area contributed by atoms with E-state index in [9.17, 15) is 4.79 Å². The van der Waals surface area contributed by atoms with Crippen LogP contribution in [-0.4, -0.2) is 45.3 Å². The number of hydrogen-bond donors (Lipinski definition) is 1. The van der Waals surface area contributed by atoms with Gasteiger partial charge in [0.1, 0.15) is 6.10 Å². The van der Waals surface area contributed by atoms with Crippen molar-refractivity contribution in [2.45, 2.75) is 12.5 Å². The zero-order valence-electron chi connectivity index (χ0n) is 8.04. The standard InChI is InChI=1S/C9H11N3O3/c13-9(14)12-4-1-7(6-12)15-8-5-10-2-3-11-8/h2-3,5,7H,1,4,6H2,(H,13,14). The Morgan fingerprint density at radius 1 is 1.60 bits per heavy atom. The number of carboxylic acid groups (broad SMARTS) is 1. The second kappa shape index (κ2) is 4.12. The number of aromatic nitrogens is 2. The maximum absolute atomic E-state index is 10.6. The predicted molar refractivity (Wildman–Crippen MR) is 50.7 cm³/mol. The van der Waals surface area contributed by atoms with E-state index in [0.717, 1.165) is 0 Å². The van der Waals surface area contributed by atoms with Crippen molar-refractivity contribution < 1.29 is 14.6 Å². The molecule has 6 heteroatoms. The van der Waals surface area contributed by atoms with E-state index in [1.165, 1.54) is 11.1 Å². The van der Waals surface area contributed by atoms with Gasteiger partial charge in [-0.1, -0.05) is 0 Å². The van der Waals surface area contributed by atoms with Crippen LogP contribution < -0.4 is 4.74 Å². The summed E-state index contributed by atoms with van der Waals surface area (Å²) in [5.41, 5.74) is 0. The van der Waals surface area contributed by atoms with Crippen molar-refractivity contribution >= 4 is 6.09 Å². The molecule has 2 heterocycles. The first kappa shape index (κ1) is 9.70. The molecule has 80 valence electrons. The molecule has 1 atom stereocenters. The van der Waals surface area contributed by atoms with Gasteiger partial charge in [0.25, 0.3) is 0 Å². The third-order valence-corrected chi connectivity index (χ3v) is 2.24. The number of rotatable bonds is 2. The van der Waals surface area contributed by atoms with Crippen LogP contribution in [0, 0.1) is 0 Å². The predicted octanol–water partition coefficient (Wildman–Crippen LogP) is 0.608. The molecule has 1 aromatic heterocycles. The van der Waals surface area contributed by atoms with Crippen molar-refractivity contribution in [2.24, 2.45) is 0 Å². The van der Waals surface area contributed by atoms with Gasteiger partial charge in [0.15, 0.2) is 0 Å². The summed E-state index contributed by atoms with van der Waals surface area (Å²) in [7, 11) is 0. The average molecular weight is 209 g/mol. The highest BCUT2D eigenvalue weighted by Crippen LogP contribution is 2.15.